The van der Waals surface area contributed by atoms with Crippen LogP contribution in [0.15, 0.2) is 12.2 Å². The molecule has 0 aliphatic carbocycles. The Bertz CT molecular complexity index is 347. The molecule has 4 nitrogen and oxygen atoms in total. The van der Waals surface area contributed by atoms with Gasteiger partial charge in [-0.3, -0.25) is 4.79 Å². The van der Waals surface area contributed by atoms with Crippen molar-refractivity contribution in [2.75, 3.05) is 13.2 Å². The van der Waals surface area contributed by atoms with Gasteiger partial charge >= 0.3 is 0 Å². The summed E-state index contributed by atoms with van der Waals surface area (Å²) in [6.45, 7) is 12.1. The second-order valence-electron chi connectivity index (χ2n) is 6.60. The Morgan fingerprint density at radius 1 is 1.47 bits per heavy atom. The Balaban J connectivity index is 2.40. The summed E-state index contributed by atoms with van der Waals surface area (Å²) in [5, 5.41) is 10.1. The third kappa shape index (κ3) is 4.44. The van der Waals surface area contributed by atoms with Gasteiger partial charge in [-0.05, 0) is 30.6 Å². The van der Waals surface area contributed by atoms with Gasteiger partial charge in [0.25, 0.3) is 0 Å². The molecule has 1 heterocycles. The number of aliphatic hydroxyl groups excluding tert-OH is 1. The summed E-state index contributed by atoms with van der Waals surface area (Å²) in [6, 6.07) is 0. The molecule has 1 aliphatic heterocycles. The topological polar surface area (TPSA) is 49.8 Å². The lowest BCUT2D eigenvalue weighted by Gasteiger charge is -2.35. The summed E-state index contributed by atoms with van der Waals surface area (Å²) in [5.41, 5.74) is 0. The van der Waals surface area contributed by atoms with Crippen molar-refractivity contribution in [3.05, 3.63) is 12.2 Å². The van der Waals surface area contributed by atoms with E-state index in [-0.39, 0.29) is 10.9 Å². The third-order valence-corrected chi connectivity index (χ3v) is 8.58. The van der Waals surface area contributed by atoms with Crippen LogP contribution >= 0.6 is 0 Å². The van der Waals surface area contributed by atoms with E-state index in [2.05, 4.69) is 33.9 Å². The quantitative estimate of drug-likeness (QED) is 0.624. The maximum absolute atomic E-state index is 11.4. The van der Waals surface area contributed by atoms with Gasteiger partial charge < -0.3 is 14.4 Å². The molecule has 1 unspecified atom stereocenters. The van der Waals surface area contributed by atoms with E-state index in [9.17, 15) is 9.90 Å². The van der Waals surface area contributed by atoms with Crippen LogP contribution < -0.4 is 0 Å². The summed E-state index contributed by atoms with van der Waals surface area (Å²) in [6.07, 6.45) is 4.04. The van der Waals surface area contributed by atoms with Crippen molar-refractivity contribution in [3.63, 3.8) is 0 Å². The Hall–Kier alpha value is -0.653. The highest BCUT2D eigenvalue weighted by Gasteiger charge is 2.36. The van der Waals surface area contributed by atoms with Gasteiger partial charge in [0, 0.05) is 13.0 Å². The van der Waals surface area contributed by atoms with Crippen LogP contribution in [0.2, 0.25) is 18.1 Å². The average molecular weight is 285 g/mol. The van der Waals surface area contributed by atoms with E-state index in [1.54, 1.807) is 6.08 Å². The minimum atomic E-state index is -1.74. The molecule has 1 saturated heterocycles. The minimum Gasteiger partial charge on any atom is -0.413 e. The molecule has 110 valence electrons. The zero-order chi connectivity index (χ0) is 14.7. The SMILES string of the molecule is CC(C)(C)[Si](C)(C)OC/C=C/C(O)N1CCCC1=O. The van der Waals surface area contributed by atoms with E-state index in [0.717, 1.165) is 6.42 Å². The summed E-state index contributed by atoms with van der Waals surface area (Å²) in [4.78, 5) is 12.9. The molecule has 1 rings (SSSR count). The number of nitrogens with zero attached hydrogens (tertiary/aromatic N) is 1. The average Bonchev–Trinajstić information content (AvgIpc) is 2.69. The molecule has 5 heteroatoms. The third-order valence-electron chi connectivity index (χ3n) is 4.08. The Morgan fingerprint density at radius 2 is 2.11 bits per heavy atom. The summed E-state index contributed by atoms with van der Waals surface area (Å²) >= 11 is 0. The number of carbonyl (C=O) groups excluding carboxylic acids is 1. The van der Waals surface area contributed by atoms with Gasteiger partial charge in [0.15, 0.2) is 8.32 Å². The first-order valence-electron chi connectivity index (χ1n) is 6.93. The molecule has 1 atom stereocenters. The van der Waals surface area contributed by atoms with Crippen LogP contribution in [0.3, 0.4) is 0 Å². The van der Waals surface area contributed by atoms with Crippen LogP contribution in [0.4, 0.5) is 0 Å². The molecular formula is C14H27NO3Si. The zero-order valence-corrected chi connectivity index (χ0v) is 13.8. The maximum Gasteiger partial charge on any atom is 0.224 e. The number of likely N-dealkylation sites (tertiary alicyclic amines) is 1. The van der Waals surface area contributed by atoms with Crippen molar-refractivity contribution in [1.82, 2.24) is 4.90 Å². The molecule has 1 N–H and O–H groups in total. The molecule has 0 radical (unpaired) electrons. The fourth-order valence-corrected chi connectivity index (χ4v) is 2.65. The van der Waals surface area contributed by atoms with Crippen molar-refractivity contribution in [2.24, 2.45) is 0 Å². The van der Waals surface area contributed by atoms with Crippen molar-refractivity contribution in [3.8, 4) is 0 Å². The molecule has 1 aliphatic rings. The lowest BCUT2D eigenvalue weighted by atomic mass is 10.2. The lowest BCUT2D eigenvalue weighted by Crippen LogP contribution is -2.40. The first-order chi connectivity index (χ1) is 8.65. The van der Waals surface area contributed by atoms with Crippen LogP contribution in [0.1, 0.15) is 33.6 Å². The summed E-state index contributed by atoms with van der Waals surface area (Å²) < 4.78 is 5.97. The van der Waals surface area contributed by atoms with E-state index in [0.29, 0.717) is 19.6 Å². The number of hydrogen-bond donors (Lipinski definition) is 1. The van der Waals surface area contributed by atoms with Gasteiger partial charge in [-0.1, -0.05) is 26.8 Å². The Kier molecular flexibility index (Phi) is 5.35. The number of aliphatic hydroxyl groups is 1. The lowest BCUT2D eigenvalue weighted by molar-refractivity contribution is -0.133. The molecule has 19 heavy (non-hydrogen) atoms. The van der Waals surface area contributed by atoms with E-state index in [4.69, 9.17) is 4.43 Å². The van der Waals surface area contributed by atoms with Crippen LogP contribution in [0, 0.1) is 0 Å². The van der Waals surface area contributed by atoms with Crippen molar-refractivity contribution >= 4 is 14.2 Å². The van der Waals surface area contributed by atoms with Crippen LogP contribution in [0.25, 0.3) is 0 Å². The molecular weight excluding hydrogens is 258 g/mol. The molecule has 0 aromatic rings. The maximum atomic E-state index is 11.4. The van der Waals surface area contributed by atoms with Crippen molar-refractivity contribution in [1.29, 1.82) is 0 Å². The van der Waals surface area contributed by atoms with Crippen LogP contribution in [-0.2, 0) is 9.22 Å². The van der Waals surface area contributed by atoms with E-state index in [1.165, 1.54) is 4.90 Å². The van der Waals surface area contributed by atoms with Gasteiger partial charge in [-0.15, -0.1) is 0 Å². The summed E-state index contributed by atoms with van der Waals surface area (Å²) in [7, 11) is -1.74. The van der Waals surface area contributed by atoms with Gasteiger partial charge in [-0.25, -0.2) is 0 Å². The number of rotatable bonds is 5. The normalized spacial score (nSPS) is 19.5. The molecule has 0 aromatic heterocycles. The second kappa shape index (κ2) is 6.20. The van der Waals surface area contributed by atoms with Gasteiger partial charge in [0.05, 0.1) is 6.61 Å². The van der Waals surface area contributed by atoms with E-state index >= 15 is 0 Å². The molecule has 1 fully saturated rings. The number of amides is 1. The first-order valence-corrected chi connectivity index (χ1v) is 9.84. The van der Waals surface area contributed by atoms with Gasteiger partial charge in [-0.2, -0.15) is 0 Å². The standard InChI is InChI=1S/C14H27NO3Si/c1-14(2,3)19(4,5)18-11-7-9-13(17)15-10-6-8-12(15)16/h7,9,13,17H,6,8,10-11H2,1-5H3/b9-7+. The first kappa shape index (κ1) is 16.4. The van der Waals surface area contributed by atoms with Gasteiger partial charge in [0.1, 0.15) is 6.23 Å². The molecule has 0 aromatic carbocycles. The predicted molar refractivity (Wildman–Crippen MR) is 79.2 cm³/mol. The number of hydrogen-bond acceptors (Lipinski definition) is 3. The highest BCUT2D eigenvalue weighted by Crippen LogP contribution is 2.36. The summed E-state index contributed by atoms with van der Waals surface area (Å²) in [5.74, 6) is 0.0301. The smallest absolute Gasteiger partial charge is 0.224 e. The van der Waals surface area contributed by atoms with E-state index in [1.807, 2.05) is 6.08 Å². The second-order valence-corrected chi connectivity index (χ2v) is 11.4. The largest absolute Gasteiger partial charge is 0.413 e. The highest BCUT2D eigenvalue weighted by atomic mass is 28.4. The Morgan fingerprint density at radius 3 is 2.58 bits per heavy atom. The molecule has 0 saturated carbocycles. The zero-order valence-electron chi connectivity index (χ0n) is 12.8. The van der Waals surface area contributed by atoms with Crippen LogP contribution in [-0.4, -0.2) is 43.6 Å². The molecule has 0 spiro atoms. The molecule has 1 amide bonds. The monoisotopic (exact) mass is 285 g/mol. The van der Waals surface area contributed by atoms with Gasteiger partial charge in [0.2, 0.25) is 5.91 Å². The highest BCUT2D eigenvalue weighted by molar-refractivity contribution is 6.74. The van der Waals surface area contributed by atoms with E-state index < -0.39 is 14.5 Å². The Labute approximate surface area is 117 Å². The predicted octanol–water partition coefficient (Wildman–Crippen LogP) is 2.51. The van der Waals surface area contributed by atoms with Crippen molar-refractivity contribution < 1.29 is 14.3 Å². The van der Waals surface area contributed by atoms with Crippen molar-refractivity contribution in [2.45, 2.75) is 58.0 Å². The van der Waals surface area contributed by atoms with Crippen LogP contribution in [0.5, 0.6) is 0 Å². The fourth-order valence-electron chi connectivity index (χ4n) is 1.70. The minimum absolute atomic E-state index is 0.0301. The number of carbonyl (C=O) groups is 1. The fraction of sp³-hybridized carbons (Fsp3) is 0.786. The molecule has 0 bridgehead atoms.